The van der Waals surface area contributed by atoms with Crippen LogP contribution in [0.2, 0.25) is 0 Å². The van der Waals surface area contributed by atoms with Crippen LogP contribution < -0.4 is 5.43 Å². The van der Waals surface area contributed by atoms with E-state index in [-0.39, 0.29) is 37.2 Å². The number of hydrogen-bond acceptors (Lipinski definition) is 6. The summed E-state index contributed by atoms with van der Waals surface area (Å²) >= 11 is 0. The van der Waals surface area contributed by atoms with Gasteiger partial charge in [0.15, 0.2) is 0 Å². The molecule has 1 N–H and O–H groups in total. The van der Waals surface area contributed by atoms with E-state index in [0.29, 0.717) is 32.5 Å². The molecule has 2 fully saturated rings. The maximum Gasteiger partial charge on any atom is 0.522 e. The van der Waals surface area contributed by atoms with Crippen LogP contribution in [-0.2, 0) is 23.8 Å². The molecular formula is C15H23F3N2O5. The van der Waals surface area contributed by atoms with E-state index in [4.69, 9.17) is 9.47 Å². The highest BCUT2D eigenvalue weighted by molar-refractivity contribution is 5.76. The van der Waals surface area contributed by atoms with Gasteiger partial charge in [-0.15, -0.1) is 13.2 Å². The molecular weight excluding hydrogens is 345 g/mol. The summed E-state index contributed by atoms with van der Waals surface area (Å²) in [7, 11) is 0. The van der Waals surface area contributed by atoms with Gasteiger partial charge in [-0.3, -0.25) is 19.8 Å². The Kier molecular flexibility index (Phi) is 7.03. The van der Waals surface area contributed by atoms with Gasteiger partial charge in [-0.1, -0.05) is 0 Å². The van der Waals surface area contributed by atoms with Gasteiger partial charge in [0.05, 0.1) is 24.7 Å². The number of hydrogen-bond donors (Lipinski definition) is 1. The van der Waals surface area contributed by atoms with Gasteiger partial charge < -0.3 is 9.47 Å². The zero-order valence-corrected chi connectivity index (χ0v) is 14.0. The van der Waals surface area contributed by atoms with Crippen molar-refractivity contribution in [1.82, 2.24) is 10.4 Å². The molecule has 2 rings (SSSR count). The lowest BCUT2D eigenvalue weighted by molar-refractivity contribution is -0.357. The van der Waals surface area contributed by atoms with Gasteiger partial charge in [0.2, 0.25) is 0 Å². The molecule has 0 radical (unpaired) electrons. The molecule has 0 unspecified atom stereocenters. The lowest BCUT2D eigenvalue weighted by Gasteiger charge is -2.35. The predicted molar refractivity (Wildman–Crippen MR) is 79.0 cm³/mol. The number of carbonyl (C=O) groups excluding carboxylic acids is 2. The molecule has 1 aliphatic heterocycles. The third-order valence-electron chi connectivity index (χ3n) is 4.20. The molecule has 7 nitrogen and oxygen atoms in total. The first-order valence-corrected chi connectivity index (χ1v) is 8.34. The van der Waals surface area contributed by atoms with Crippen LogP contribution in [0.3, 0.4) is 0 Å². The van der Waals surface area contributed by atoms with Crippen LogP contribution in [0.25, 0.3) is 0 Å². The van der Waals surface area contributed by atoms with Crippen LogP contribution in [0.15, 0.2) is 0 Å². The highest BCUT2D eigenvalue weighted by Gasteiger charge is 2.40. The third-order valence-corrected chi connectivity index (χ3v) is 4.20. The molecule has 144 valence electrons. The average Bonchev–Trinajstić information content (AvgIpc) is 2.49. The Bertz CT molecular complexity index is 461. The van der Waals surface area contributed by atoms with Gasteiger partial charge in [0.25, 0.3) is 5.91 Å². The summed E-state index contributed by atoms with van der Waals surface area (Å²) in [5.74, 6) is -0.725. The first kappa shape index (κ1) is 19.9. The quantitative estimate of drug-likeness (QED) is 0.684. The highest BCUT2D eigenvalue weighted by Crippen LogP contribution is 2.31. The molecule has 1 amide bonds. The van der Waals surface area contributed by atoms with Gasteiger partial charge in [0, 0.05) is 25.9 Å². The lowest BCUT2D eigenvalue weighted by Crippen LogP contribution is -2.49. The van der Waals surface area contributed by atoms with E-state index in [0.717, 1.165) is 0 Å². The van der Waals surface area contributed by atoms with Crippen LogP contribution >= 0.6 is 0 Å². The second kappa shape index (κ2) is 8.81. The molecule has 10 heteroatoms. The monoisotopic (exact) mass is 368 g/mol. The zero-order chi connectivity index (χ0) is 18.4. The fourth-order valence-corrected chi connectivity index (χ4v) is 2.83. The van der Waals surface area contributed by atoms with Crippen LogP contribution in [-0.4, -0.2) is 61.8 Å². The van der Waals surface area contributed by atoms with Crippen molar-refractivity contribution in [2.75, 3.05) is 26.3 Å². The summed E-state index contributed by atoms with van der Waals surface area (Å²) < 4.78 is 50.0. The minimum Gasteiger partial charge on any atom is -0.466 e. The number of nitrogens with one attached hydrogen (secondary N) is 1. The molecule has 25 heavy (non-hydrogen) atoms. The highest BCUT2D eigenvalue weighted by atomic mass is 19.4. The Morgan fingerprint density at radius 3 is 2.36 bits per heavy atom. The molecule has 0 atom stereocenters. The summed E-state index contributed by atoms with van der Waals surface area (Å²) in [6.07, 6.45) is -4.49. The Hall–Kier alpha value is -1.39. The van der Waals surface area contributed by atoms with Crippen LogP contribution in [0.1, 0.15) is 32.6 Å². The van der Waals surface area contributed by atoms with E-state index < -0.39 is 18.6 Å². The number of rotatable bonds is 7. The molecule has 1 heterocycles. The van der Waals surface area contributed by atoms with Crippen molar-refractivity contribution in [1.29, 1.82) is 0 Å². The van der Waals surface area contributed by atoms with Crippen molar-refractivity contribution in [3.63, 3.8) is 0 Å². The summed E-state index contributed by atoms with van der Waals surface area (Å²) in [4.78, 5) is 23.4. The Morgan fingerprint density at radius 2 is 1.80 bits per heavy atom. The number of nitrogens with zero attached hydrogens (tertiary/aromatic N) is 1. The topological polar surface area (TPSA) is 77.1 Å². The van der Waals surface area contributed by atoms with E-state index in [1.165, 1.54) is 0 Å². The summed E-state index contributed by atoms with van der Waals surface area (Å²) in [5, 5.41) is 1.71. The molecule has 0 aromatic rings. The molecule has 1 saturated carbocycles. The number of piperidine rings is 1. The van der Waals surface area contributed by atoms with Gasteiger partial charge in [-0.25, -0.2) is 5.01 Å². The van der Waals surface area contributed by atoms with Crippen molar-refractivity contribution in [2.45, 2.75) is 51.2 Å². The number of carbonyl (C=O) groups is 2. The smallest absolute Gasteiger partial charge is 0.466 e. The number of amides is 1. The number of halogens is 3. The summed E-state index contributed by atoms with van der Waals surface area (Å²) in [6.45, 7) is 2.94. The van der Waals surface area contributed by atoms with Gasteiger partial charge in [0.1, 0.15) is 6.61 Å². The number of esters is 1. The number of alkyl halides is 3. The maximum atomic E-state index is 12.0. The van der Waals surface area contributed by atoms with E-state index in [2.05, 4.69) is 10.2 Å². The van der Waals surface area contributed by atoms with Crippen LogP contribution in [0, 0.1) is 5.92 Å². The first-order chi connectivity index (χ1) is 11.8. The standard InChI is InChI=1S/C15H23F3N2O5/c1-2-23-14(22)10-3-5-20(6-4-10)19-13(21)9-24-11-7-12(8-11)25-15(16,17)18/h10-12H,2-9H2,1H3,(H,19,21)/t11-,12+. The molecule has 1 aliphatic carbocycles. The van der Waals surface area contributed by atoms with Crippen molar-refractivity contribution in [2.24, 2.45) is 5.92 Å². The van der Waals surface area contributed by atoms with Crippen LogP contribution in [0.5, 0.6) is 0 Å². The Balaban J connectivity index is 1.56. The fourth-order valence-electron chi connectivity index (χ4n) is 2.83. The molecule has 2 aliphatic rings. The first-order valence-electron chi connectivity index (χ1n) is 8.34. The normalized spacial score (nSPS) is 25.3. The fraction of sp³-hybridized carbons (Fsp3) is 0.867. The zero-order valence-electron chi connectivity index (χ0n) is 14.0. The summed E-state index contributed by atoms with van der Waals surface area (Å²) in [5.41, 5.74) is 2.67. The van der Waals surface area contributed by atoms with E-state index in [1.807, 2.05) is 0 Å². The van der Waals surface area contributed by atoms with Crippen LogP contribution in [0.4, 0.5) is 13.2 Å². The number of ether oxygens (including phenoxy) is 3. The van der Waals surface area contributed by atoms with Crippen molar-refractivity contribution in [3.8, 4) is 0 Å². The third kappa shape index (κ3) is 6.79. The minimum atomic E-state index is -4.64. The lowest BCUT2D eigenvalue weighted by atomic mass is 9.92. The van der Waals surface area contributed by atoms with Crippen molar-refractivity contribution < 1.29 is 37.0 Å². The summed E-state index contributed by atoms with van der Waals surface area (Å²) in [6, 6.07) is 0. The van der Waals surface area contributed by atoms with Gasteiger partial charge >= 0.3 is 12.3 Å². The number of hydrazine groups is 1. The predicted octanol–water partition coefficient (Wildman–Crippen LogP) is 1.38. The average molecular weight is 368 g/mol. The SMILES string of the molecule is CCOC(=O)C1CCN(NC(=O)CO[C@H]2C[C@@H](OC(F)(F)F)C2)CC1. The molecule has 0 aromatic carbocycles. The van der Waals surface area contributed by atoms with Gasteiger partial charge in [-0.05, 0) is 19.8 Å². The van der Waals surface area contributed by atoms with E-state index >= 15 is 0 Å². The Labute approximate surface area is 143 Å². The molecule has 0 aromatic heterocycles. The molecule has 0 bridgehead atoms. The molecule has 0 spiro atoms. The molecule has 1 saturated heterocycles. The second-order valence-corrected chi connectivity index (χ2v) is 6.14. The van der Waals surface area contributed by atoms with Crippen molar-refractivity contribution >= 4 is 11.9 Å². The largest absolute Gasteiger partial charge is 0.522 e. The van der Waals surface area contributed by atoms with Gasteiger partial charge in [-0.2, -0.15) is 0 Å². The Morgan fingerprint density at radius 1 is 1.16 bits per heavy atom. The van der Waals surface area contributed by atoms with E-state index in [1.54, 1.807) is 11.9 Å². The second-order valence-electron chi connectivity index (χ2n) is 6.14. The van der Waals surface area contributed by atoms with Crippen molar-refractivity contribution in [3.05, 3.63) is 0 Å². The maximum absolute atomic E-state index is 12.0. The minimum absolute atomic E-state index is 0.123. The van der Waals surface area contributed by atoms with E-state index in [9.17, 15) is 22.8 Å².